The molecule has 1 N–H and O–H groups in total. The average molecular weight is 355 g/mol. The van der Waals surface area contributed by atoms with Gasteiger partial charge in [-0.1, -0.05) is 12.1 Å². The lowest BCUT2D eigenvalue weighted by molar-refractivity contribution is 0.0904. The van der Waals surface area contributed by atoms with E-state index in [1.807, 2.05) is 18.2 Å². The highest BCUT2D eigenvalue weighted by Gasteiger charge is 2.24. The number of fused-ring (bicyclic) bond motifs is 1. The molecule has 1 saturated heterocycles. The van der Waals surface area contributed by atoms with E-state index >= 15 is 0 Å². The molecule has 0 spiro atoms. The smallest absolute Gasteiger partial charge is 0.255 e. The summed E-state index contributed by atoms with van der Waals surface area (Å²) in [6.45, 7) is 4.65. The summed E-state index contributed by atoms with van der Waals surface area (Å²) in [5.41, 5.74) is 1.83. The molecule has 0 aliphatic carbocycles. The van der Waals surface area contributed by atoms with Gasteiger partial charge in [-0.15, -0.1) is 12.4 Å². The third-order valence-electron chi connectivity index (χ3n) is 4.70. The van der Waals surface area contributed by atoms with E-state index in [-0.39, 0.29) is 24.4 Å². The molecule has 2 aliphatic rings. The summed E-state index contributed by atoms with van der Waals surface area (Å²) in [4.78, 5) is 15.0. The van der Waals surface area contributed by atoms with E-state index in [1.54, 1.807) is 7.11 Å². The van der Waals surface area contributed by atoms with Gasteiger partial charge in [0.2, 0.25) is 0 Å². The summed E-state index contributed by atoms with van der Waals surface area (Å²) < 4.78 is 10.7. The zero-order chi connectivity index (χ0) is 16.1. The molecule has 1 amide bonds. The number of methoxy groups -OCH3 is 1. The van der Waals surface area contributed by atoms with Gasteiger partial charge in [-0.05, 0) is 30.9 Å². The summed E-state index contributed by atoms with van der Waals surface area (Å²) >= 11 is 0. The van der Waals surface area contributed by atoms with Crippen LogP contribution in [0, 0.1) is 0 Å². The number of nitrogens with one attached hydrogen (secondary N) is 1. The van der Waals surface area contributed by atoms with Crippen LogP contribution >= 0.6 is 12.4 Å². The Hall–Kier alpha value is -1.30. The SMILES string of the molecule is COCCCN1CCC(NC(=O)c2cccc3c2OCC3)CC1.Cl. The molecular weight excluding hydrogens is 328 g/mol. The Balaban J connectivity index is 0.00000208. The lowest BCUT2D eigenvalue weighted by Gasteiger charge is -2.32. The molecule has 24 heavy (non-hydrogen) atoms. The first kappa shape index (κ1) is 19.0. The third-order valence-corrected chi connectivity index (χ3v) is 4.70. The van der Waals surface area contributed by atoms with Gasteiger partial charge in [0.05, 0.1) is 12.2 Å². The van der Waals surface area contributed by atoms with Gasteiger partial charge in [-0.25, -0.2) is 0 Å². The maximum atomic E-state index is 12.5. The number of halogens is 1. The van der Waals surface area contributed by atoms with Gasteiger partial charge in [-0.3, -0.25) is 4.79 Å². The molecule has 134 valence electrons. The summed E-state index contributed by atoms with van der Waals surface area (Å²) in [7, 11) is 1.74. The van der Waals surface area contributed by atoms with Gasteiger partial charge < -0.3 is 19.7 Å². The molecule has 2 aliphatic heterocycles. The van der Waals surface area contributed by atoms with Crippen LogP contribution in [0.3, 0.4) is 0 Å². The first-order valence-corrected chi connectivity index (χ1v) is 8.55. The largest absolute Gasteiger partial charge is 0.492 e. The molecule has 0 atom stereocenters. The van der Waals surface area contributed by atoms with Crippen LogP contribution < -0.4 is 10.1 Å². The van der Waals surface area contributed by atoms with Crippen molar-refractivity contribution in [1.82, 2.24) is 10.2 Å². The van der Waals surface area contributed by atoms with Crippen molar-refractivity contribution in [3.05, 3.63) is 29.3 Å². The van der Waals surface area contributed by atoms with Gasteiger partial charge in [0.15, 0.2) is 0 Å². The minimum absolute atomic E-state index is 0. The van der Waals surface area contributed by atoms with Crippen molar-refractivity contribution in [3.63, 3.8) is 0 Å². The number of hydrogen-bond donors (Lipinski definition) is 1. The number of carbonyl (C=O) groups excluding carboxylic acids is 1. The number of likely N-dealkylation sites (tertiary alicyclic amines) is 1. The number of nitrogens with zero attached hydrogens (tertiary/aromatic N) is 1. The van der Waals surface area contributed by atoms with Crippen LogP contribution in [0.25, 0.3) is 0 Å². The lowest BCUT2D eigenvalue weighted by atomic mass is 10.0. The number of carbonyl (C=O) groups is 1. The van der Waals surface area contributed by atoms with Gasteiger partial charge in [0.1, 0.15) is 5.75 Å². The first-order chi connectivity index (χ1) is 11.3. The molecule has 0 saturated carbocycles. The molecule has 0 bridgehead atoms. The molecule has 5 nitrogen and oxygen atoms in total. The topological polar surface area (TPSA) is 50.8 Å². The molecule has 1 fully saturated rings. The molecule has 1 aromatic rings. The molecule has 0 radical (unpaired) electrons. The summed E-state index contributed by atoms with van der Waals surface area (Å²) in [6.07, 6.45) is 3.99. The molecule has 6 heteroatoms. The standard InChI is InChI=1S/C18H26N2O3.ClH/c1-22-12-3-9-20-10-6-15(7-11-20)19-18(21)16-5-2-4-14-8-13-23-17(14)16;/h2,4-5,15H,3,6-13H2,1H3,(H,19,21);1H. The van der Waals surface area contributed by atoms with Crippen LogP contribution in [0.2, 0.25) is 0 Å². The number of hydrogen-bond acceptors (Lipinski definition) is 4. The van der Waals surface area contributed by atoms with E-state index < -0.39 is 0 Å². The van der Waals surface area contributed by atoms with E-state index in [1.165, 1.54) is 0 Å². The quantitative estimate of drug-likeness (QED) is 0.796. The van der Waals surface area contributed by atoms with Gasteiger partial charge in [-0.2, -0.15) is 0 Å². The zero-order valence-electron chi connectivity index (χ0n) is 14.3. The Morgan fingerprint density at radius 1 is 1.38 bits per heavy atom. The fourth-order valence-corrected chi connectivity index (χ4v) is 3.39. The highest BCUT2D eigenvalue weighted by Crippen LogP contribution is 2.29. The Bertz CT molecular complexity index is 545. The number of benzene rings is 1. The van der Waals surface area contributed by atoms with Crippen LogP contribution in [0.15, 0.2) is 18.2 Å². The fraction of sp³-hybridized carbons (Fsp3) is 0.611. The Morgan fingerprint density at radius 3 is 2.92 bits per heavy atom. The number of piperidine rings is 1. The van der Waals surface area contributed by atoms with Crippen molar-refractivity contribution in [2.24, 2.45) is 0 Å². The number of para-hydroxylation sites is 1. The summed E-state index contributed by atoms with van der Waals surface area (Å²) in [5.74, 6) is 0.781. The first-order valence-electron chi connectivity index (χ1n) is 8.55. The van der Waals surface area contributed by atoms with E-state index in [0.29, 0.717) is 12.2 Å². The molecular formula is C18H27ClN2O3. The van der Waals surface area contributed by atoms with Gasteiger partial charge >= 0.3 is 0 Å². The second-order valence-electron chi connectivity index (χ2n) is 6.33. The Morgan fingerprint density at radius 2 is 2.17 bits per heavy atom. The van der Waals surface area contributed by atoms with E-state index in [4.69, 9.17) is 9.47 Å². The second-order valence-corrected chi connectivity index (χ2v) is 6.33. The summed E-state index contributed by atoms with van der Waals surface area (Å²) in [6, 6.07) is 6.11. The summed E-state index contributed by atoms with van der Waals surface area (Å²) in [5, 5.41) is 3.18. The normalized spacial score (nSPS) is 17.7. The van der Waals surface area contributed by atoms with Crippen LogP contribution in [0.4, 0.5) is 0 Å². The Labute approximate surface area is 150 Å². The van der Waals surface area contributed by atoms with Crippen molar-refractivity contribution >= 4 is 18.3 Å². The maximum absolute atomic E-state index is 12.5. The number of amides is 1. The fourth-order valence-electron chi connectivity index (χ4n) is 3.39. The molecule has 0 unspecified atom stereocenters. The predicted molar refractivity (Wildman–Crippen MR) is 96.3 cm³/mol. The van der Waals surface area contributed by atoms with Crippen molar-refractivity contribution in [2.45, 2.75) is 31.7 Å². The molecule has 1 aromatic carbocycles. The number of ether oxygens (including phenoxy) is 2. The van der Waals surface area contributed by atoms with Crippen molar-refractivity contribution in [1.29, 1.82) is 0 Å². The van der Waals surface area contributed by atoms with Crippen LogP contribution in [0.1, 0.15) is 35.2 Å². The monoisotopic (exact) mass is 354 g/mol. The van der Waals surface area contributed by atoms with E-state index in [9.17, 15) is 4.79 Å². The molecule has 3 rings (SSSR count). The van der Waals surface area contributed by atoms with Crippen molar-refractivity contribution < 1.29 is 14.3 Å². The van der Waals surface area contributed by atoms with Crippen LogP contribution in [-0.2, 0) is 11.2 Å². The molecule has 0 aromatic heterocycles. The van der Waals surface area contributed by atoms with E-state index in [2.05, 4.69) is 10.2 Å². The van der Waals surface area contributed by atoms with Crippen molar-refractivity contribution in [2.75, 3.05) is 40.0 Å². The van der Waals surface area contributed by atoms with Crippen molar-refractivity contribution in [3.8, 4) is 5.75 Å². The third kappa shape index (κ3) is 4.62. The number of rotatable bonds is 6. The lowest BCUT2D eigenvalue weighted by Crippen LogP contribution is -2.45. The van der Waals surface area contributed by atoms with Crippen LogP contribution in [-0.4, -0.2) is 56.8 Å². The highest BCUT2D eigenvalue weighted by atomic mass is 35.5. The minimum atomic E-state index is 0. The van der Waals surface area contributed by atoms with Crippen LogP contribution in [0.5, 0.6) is 5.75 Å². The maximum Gasteiger partial charge on any atom is 0.255 e. The minimum Gasteiger partial charge on any atom is -0.492 e. The van der Waals surface area contributed by atoms with E-state index in [0.717, 1.165) is 63.2 Å². The Kier molecular flexibility index (Phi) is 7.34. The van der Waals surface area contributed by atoms with Gasteiger partial charge in [0, 0.05) is 45.8 Å². The zero-order valence-corrected chi connectivity index (χ0v) is 15.1. The average Bonchev–Trinajstić information content (AvgIpc) is 3.05. The second kappa shape index (κ2) is 9.25. The predicted octanol–water partition coefficient (Wildman–Crippen LogP) is 2.27. The molecule has 2 heterocycles. The van der Waals surface area contributed by atoms with Gasteiger partial charge in [0.25, 0.3) is 5.91 Å². The highest BCUT2D eigenvalue weighted by molar-refractivity contribution is 5.97.